The first-order chi connectivity index (χ1) is 24.3. The number of benzene rings is 3. The second-order valence-electron chi connectivity index (χ2n) is 13.3. The number of carbonyl (C=O) groups is 1. The maximum absolute atomic E-state index is 14.4. The predicted octanol–water partition coefficient (Wildman–Crippen LogP) is 6.32. The monoisotopic (exact) mass is 691 g/mol. The van der Waals surface area contributed by atoms with Crippen LogP contribution in [0.4, 0.5) is 5.69 Å². The first kappa shape index (κ1) is 33.8. The molecule has 0 unspecified atom stereocenters. The molecule has 0 spiro atoms. The SMILES string of the molecule is Cc1ccc(S(=O)(=O)N2CC[C@@H]2C(=O)N(Cc2ccc(C3CCCCC3)cn2)c2ccc3c(=O)n(COCc4ccccc4)ncc3c2)cc1. The van der Waals surface area contributed by atoms with E-state index in [-0.39, 0.29) is 36.2 Å². The second kappa shape index (κ2) is 14.6. The molecule has 1 amide bonds. The Morgan fingerprint density at radius 2 is 1.70 bits per heavy atom. The van der Waals surface area contributed by atoms with E-state index in [1.54, 1.807) is 53.6 Å². The van der Waals surface area contributed by atoms with E-state index in [1.807, 2.05) is 49.5 Å². The van der Waals surface area contributed by atoms with Crippen LogP contribution in [0.1, 0.15) is 66.8 Å². The van der Waals surface area contributed by atoms with Gasteiger partial charge in [0.2, 0.25) is 15.9 Å². The summed E-state index contributed by atoms with van der Waals surface area (Å²) in [5.41, 5.74) is 4.06. The number of amides is 1. The molecule has 1 atom stereocenters. The maximum Gasteiger partial charge on any atom is 0.276 e. The summed E-state index contributed by atoms with van der Waals surface area (Å²) in [6.45, 7) is 2.63. The van der Waals surface area contributed by atoms with Gasteiger partial charge in [-0.15, -0.1) is 0 Å². The Hall–Kier alpha value is -4.71. The number of hydrogen-bond donors (Lipinski definition) is 0. The minimum absolute atomic E-state index is 0.00841. The topological polar surface area (TPSA) is 115 Å². The van der Waals surface area contributed by atoms with Crippen molar-refractivity contribution in [2.24, 2.45) is 0 Å². The van der Waals surface area contributed by atoms with Crippen molar-refractivity contribution in [3.63, 3.8) is 0 Å². The lowest BCUT2D eigenvalue weighted by Gasteiger charge is -2.41. The van der Waals surface area contributed by atoms with Crippen LogP contribution in [0.25, 0.3) is 10.8 Å². The summed E-state index contributed by atoms with van der Waals surface area (Å²) in [5.74, 6) is 0.152. The van der Waals surface area contributed by atoms with Crippen molar-refractivity contribution in [2.75, 3.05) is 11.4 Å². The molecule has 1 saturated heterocycles. The van der Waals surface area contributed by atoms with Crippen LogP contribution < -0.4 is 10.5 Å². The van der Waals surface area contributed by atoms with Gasteiger partial charge in [0.1, 0.15) is 12.8 Å². The van der Waals surface area contributed by atoms with Crippen molar-refractivity contribution in [2.45, 2.75) is 82.2 Å². The highest BCUT2D eigenvalue weighted by molar-refractivity contribution is 7.89. The van der Waals surface area contributed by atoms with Gasteiger partial charge in [-0.3, -0.25) is 14.6 Å². The summed E-state index contributed by atoms with van der Waals surface area (Å²) in [6, 6.07) is 24.7. The van der Waals surface area contributed by atoms with Crippen LogP contribution in [0.3, 0.4) is 0 Å². The van der Waals surface area contributed by atoms with E-state index in [0.717, 1.165) is 24.0 Å². The van der Waals surface area contributed by atoms with Crippen LogP contribution >= 0.6 is 0 Å². The molecule has 10 nitrogen and oxygen atoms in total. The number of carbonyl (C=O) groups excluding carboxylic acids is 1. The molecule has 5 aromatic rings. The number of pyridine rings is 1. The lowest BCUT2D eigenvalue weighted by atomic mass is 9.85. The van der Waals surface area contributed by atoms with Crippen LogP contribution in [-0.2, 0) is 39.4 Å². The normalized spacial score (nSPS) is 17.0. The van der Waals surface area contributed by atoms with Crippen molar-refractivity contribution < 1.29 is 17.9 Å². The summed E-state index contributed by atoms with van der Waals surface area (Å²) < 4.78 is 35.6. The van der Waals surface area contributed by atoms with Crippen molar-refractivity contribution in [1.82, 2.24) is 19.1 Å². The molecule has 2 fully saturated rings. The van der Waals surface area contributed by atoms with Gasteiger partial charge >= 0.3 is 0 Å². The molecule has 7 rings (SSSR count). The molecular formula is C39H41N5O5S. The largest absolute Gasteiger partial charge is 0.354 e. The van der Waals surface area contributed by atoms with Crippen molar-refractivity contribution in [3.8, 4) is 0 Å². The predicted molar refractivity (Wildman–Crippen MR) is 192 cm³/mol. The zero-order valence-electron chi connectivity index (χ0n) is 28.1. The molecule has 1 aliphatic carbocycles. The minimum atomic E-state index is -3.89. The molecule has 50 heavy (non-hydrogen) atoms. The fourth-order valence-corrected chi connectivity index (χ4v) is 8.48. The molecule has 3 aromatic carbocycles. The zero-order valence-corrected chi connectivity index (χ0v) is 29.0. The Morgan fingerprint density at radius 1 is 0.920 bits per heavy atom. The number of aromatic nitrogens is 3. The van der Waals surface area contributed by atoms with Gasteiger partial charge in [-0.05, 0) is 79.6 Å². The summed E-state index contributed by atoms with van der Waals surface area (Å²) in [4.78, 5) is 34.2. The van der Waals surface area contributed by atoms with Gasteiger partial charge in [-0.25, -0.2) is 13.1 Å². The van der Waals surface area contributed by atoms with E-state index >= 15 is 0 Å². The van der Waals surface area contributed by atoms with E-state index in [9.17, 15) is 18.0 Å². The van der Waals surface area contributed by atoms with Gasteiger partial charge < -0.3 is 9.64 Å². The van der Waals surface area contributed by atoms with Crippen molar-refractivity contribution >= 4 is 32.4 Å². The number of nitrogens with zero attached hydrogens (tertiary/aromatic N) is 5. The summed E-state index contributed by atoms with van der Waals surface area (Å²) >= 11 is 0. The van der Waals surface area contributed by atoms with Gasteiger partial charge in [-0.1, -0.05) is 73.4 Å². The number of aryl methyl sites for hydroxylation is 1. The molecule has 258 valence electrons. The Labute approximate surface area is 292 Å². The first-order valence-electron chi connectivity index (χ1n) is 17.2. The molecule has 0 radical (unpaired) electrons. The average molecular weight is 692 g/mol. The van der Waals surface area contributed by atoms with Crippen LogP contribution in [0.5, 0.6) is 0 Å². The number of ether oxygens (including phenoxy) is 1. The molecule has 1 saturated carbocycles. The summed E-state index contributed by atoms with van der Waals surface area (Å²) in [5, 5.41) is 5.33. The Kier molecular flexibility index (Phi) is 9.89. The number of fused-ring (bicyclic) bond motifs is 1. The first-order valence-corrected chi connectivity index (χ1v) is 18.7. The number of sulfonamides is 1. The third-order valence-electron chi connectivity index (χ3n) is 9.87. The third kappa shape index (κ3) is 7.12. The van der Waals surface area contributed by atoms with Gasteiger partial charge in [0.25, 0.3) is 5.56 Å². The molecule has 11 heteroatoms. The number of hydrogen-bond acceptors (Lipinski definition) is 7. The van der Waals surface area contributed by atoms with E-state index in [4.69, 9.17) is 9.72 Å². The Bertz CT molecular complexity index is 2130. The molecule has 0 N–H and O–H groups in total. The van der Waals surface area contributed by atoms with Crippen molar-refractivity contribution in [1.29, 1.82) is 0 Å². The highest BCUT2D eigenvalue weighted by atomic mass is 32.2. The zero-order chi connectivity index (χ0) is 34.7. The second-order valence-corrected chi connectivity index (χ2v) is 15.1. The number of rotatable bonds is 11. The molecule has 1 aliphatic heterocycles. The fraction of sp³-hybridized carbons (Fsp3) is 0.333. The average Bonchev–Trinajstić information content (AvgIpc) is 3.12. The standard InChI is InChI=1S/C39H41N5O5S/c1-28-12-17-35(18-13-28)50(47,48)44-21-20-37(44)39(46)42(25-33-15-14-31(23-40-33)30-10-6-3-7-11-30)34-16-19-36-32(22-34)24-41-43(38(36)45)27-49-26-29-8-4-2-5-9-29/h2,4-5,8-9,12-19,22-24,30,37H,3,6-7,10-11,20-21,25-27H2,1H3/t37-/m1/s1. The lowest BCUT2D eigenvalue weighted by Crippen LogP contribution is -2.58. The van der Waals surface area contributed by atoms with E-state index in [2.05, 4.69) is 11.2 Å². The molecule has 3 heterocycles. The fourth-order valence-electron chi connectivity index (χ4n) is 6.85. The van der Waals surface area contributed by atoms with Gasteiger partial charge in [0.15, 0.2) is 0 Å². The van der Waals surface area contributed by atoms with Gasteiger partial charge in [-0.2, -0.15) is 9.40 Å². The Balaban J connectivity index is 1.16. The van der Waals surface area contributed by atoms with Crippen LogP contribution in [0, 0.1) is 6.92 Å². The quantitative estimate of drug-likeness (QED) is 0.159. The number of anilines is 1. The van der Waals surface area contributed by atoms with Crippen LogP contribution in [-0.4, -0.2) is 46.0 Å². The Morgan fingerprint density at radius 3 is 2.40 bits per heavy atom. The molecular weight excluding hydrogens is 651 g/mol. The summed E-state index contributed by atoms with van der Waals surface area (Å²) in [7, 11) is -3.89. The van der Waals surface area contributed by atoms with E-state index in [1.165, 1.54) is 33.8 Å². The van der Waals surface area contributed by atoms with Crippen LogP contribution in [0.2, 0.25) is 0 Å². The molecule has 2 aromatic heterocycles. The van der Waals surface area contributed by atoms with Crippen molar-refractivity contribution in [3.05, 3.63) is 130 Å². The van der Waals surface area contributed by atoms with Gasteiger partial charge in [0, 0.05) is 23.8 Å². The van der Waals surface area contributed by atoms with Crippen LogP contribution in [0.15, 0.2) is 107 Å². The van der Waals surface area contributed by atoms with E-state index < -0.39 is 16.1 Å². The molecule has 0 bridgehead atoms. The third-order valence-corrected chi connectivity index (χ3v) is 11.8. The highest BCUT2D eigenvalue weighted by Gasteiger charge is 2.44. The highest BCUT2D eigenvalue weighted by Crippen LogP contribution is 2.34. The lowest BCUT2D eigenvalue weighted by molar-refractivity contribution is -0.125. The van der Waals surface area contributed by atoms with E-state index in [0.29, 0.717) is 41.1 Å². The maximum atomic E-state index is 14.4. The van der Waals surface area contributed by atoms with Gasteiger partial charge in [0.05, 0.1) is 35.3 Å². The minimum Gasteiger partial charge on any atom is -0.354 e. The summed E-state index contributed by atoms with van der Waals surface area (Å²) in [6.07, 6.45) is 9.93. The smallest absolute Gasteiger partial charge is 0.276 e. The molecule has 2 aliphatic rings.